The van der Waals surface area contributed by atoms with Gasteiger partial charge in [0.1, 0.15) is 17.8 Å². The van der Waals surface area contributed by atoms with Gasteiger partial charge in [0, 0.05) is 19.2 Å². The molecule has 0 unspecified atom stereocenters. The normalized spacial score (nSPS) is 10.5. The van der Waals surface area contributed by atoms with Crippen LogP contribution in [0.1, 0.15) is 5.82 Å². The maximum Gasteiger partial charge on any atom is 0.294 e. The molecule has 0 aliphatic carbocycles. The third-order valence-corrected chi connectivity index (χ3v) is 2.61. The number of anilines is 1. The van der Waals surface area contributed by atoms with Crippen LogP contribution in [0.5, 0.6) is 0 Å². The second-order valence-electron chi connectivity index (χ2n) is 3.73. The van der Waals surface area contributed by atoms with Crippen LogP contribution >= 0.6 is 11.6 Å². The van der Waals surface area contributed by atoms with Crippen molar-refractivity contribution in [2.75, 3.05) is 5.32 Å². The molecule has 0 saturated heterocycles. The van der Waals surface area contributed by atoms with Crippen molar-refractivity contribution in [2.45, 2.75) is 6.54 Å². The Morgan fingerprint density at radius 2 is 2.32 bits per heavy atom. The molecule has 0 bridgehead atoms. The van der Waals surface area contributed by atoms with Gasteiger partial charge in [-0.25, -0.2) is 9.37 Å². The number of nitrogens with zero attached hydrogens (tertiary/aromatic N) is 4. The molecule has 1 aromatic heterocycles. The standard InChI is InChI=1S/C10H9ClFN5O2/c1-16-5-14-10(15-16)4-13-8-3-7(12)6(11)2-9(8)17(18)19/h2-3,5,13H,4H2,1H3. The Morgan fingerprint density at radius 1 is 1.58 bits per heavy atom. The van der Waals surface area contributed by atoms with Crippen LogP contribution in [0, 0.1) is 15.9 Å². The summed E-state index contributed by atoms with van der Waals surface area (Å²) in [5.74, 6) is -0.295. The van der Waals surface area contributed by atoms with E-state index in [0.29, 0.717) is 5.82 Å². The third-order valence-electron chi connectivity index (χ3n) is 2.32. The molecule has 19 heavy (non-hydrogen) atoms. The van der Waals surface area contributed by atoms with Gasteiger partial charge >= 0.3 is 0 Å². The zero-order valence-electron chi connectivity index (χ0n) is 9.80. The maximum absolute atomic E-state index is 13.3. The second kappa shape index (κ2) is 5.19. The van der Waals surface area contributed by atoms with E-state index in [4.69, 9.17) is 11.6 Å². The number of rotatable bonds is 4. The monoisotopic (exact) mass is 285 g/mol. The smallest absolute Gasteiger partial charge is 0.294 e. The van der Waals surface area contributed by atoms with Gasteiger partial charge in [-0.15, -0.1) is 0 Å². The highest BCUT2D eigenvalue weighted by molar-refractivity contribution is 6.31. The van der Waals surface area contributed by atoms with Crippen molar-refractivity contribution in [1.29, 1.82) is 0 Å². The molecule has 0 spiro atoms. The van der Waals surface area contributed by atoms with E-state index >= 15 is 0 Å². The molecule has 0 fully saturated rings. The van der Waals surface area contributed by atoms with Crippen LogP contribution in [-0.4, -0.2) is 19.7 Å². The first kappa shape index (κ1) is 13.2. The number of aryl methyl sites for hydroxylation is 1. The molecule has 0 radical (unpaired) electrons. The topological polar surface area (TPSA) is 85.9 Å². The summed E-state index contributed by atoms with van der Waals surface area (Å²) in [6.45, 7) is 0.142. The van der Waals surface area contributed by atoms with Gasteiger partial charge in [-0.3, -0.25) is 14.8 Å². The first-order valence-electron chi connectivity index (χ1n) is 5.19. The molecule has 2 rings (SSSR count). The van der Waals surface area contributed by atoms with Crippen LogP contribution in [0.4, 0.5) is 15.8 Å². The highest BCUT2D eigenvalue weighted by Gasteiger charge is 2.17. The Bertz CT molecular complexity index is 630. The van der Waals surface area contributed by atoms with Crippen molar-refractivity contribution >= 4 is 23.0 Å². The number of hydrogen-bond acceptors (Lipinski definition) is 5. The average Bonchev–Trinajstić information content (AvgIpc) is 2.76. The summed E-state index contributed by atoms with van der Waals surface area (Å²) >= 11 is 5.52. The molecule has 1 N–H and O–H groups in total. The van der Waals surface area contributed by atoms with Crippen molar-refractivity contribution in [3.05, 3.63) is 45.2 Å². The summed E-state index contributed by atoms with van der Waals surface area (Å²) < 4.78 is 14.8. The lowest BCUT2D eigenvalue weighted by Crippen LogP contribution is -2.05. The van der Waals surface area contributed by atoms with Crippen LogP contribution in [0.3, 0.4) is 0 Å². The molecule has 0 saturated carbocycles. The van der Waals surface area contributed by atoms with E-state index in [0.717, 1.165) is 12.1 Å². The number of nitro groups is 1. The van der Waals surface area contributed by atoms with Gasteiger partial charge in [-0.05, 0) is 0 Å². The van der Waals surface area contributed by atoms with Crippen molar-refractivity contribution in [3.8, 4) is 0 Å². The van der Waals surface area contributed by atoms with Gasteiger partial charge in [0.15, 0.2) is 5.82 Å². The number of halogens is 2. The van der Waals surface area contributed by atoms with Gasteiger partial charge < -0.3 is 5.32 Å². The van der Waals surface area contributed by atoms with E-state index in [1.807, 2.05) is 0 Å². The van der Waals surface area contributed by atoms with Crippen molar-refractivity contribution < 1.29 is 9.31 Å². The van der Waals surface area contributed by atoms with Gasteiger partial charge in [-0.1, -0.05) is 11.6 Å². The Morgan fingerprint density at radius 3 is 2.89 bits per heavy atom. The van der Waals surface area contributed by atoms with E-state index in [1.165, 1.54) is 11.0 Å². The van der Waals surface area contributed by atoms with E-state index in [2.05, 4.69) is 15.4 Å². The van der Waals surface area contributed by atoms with E-state index in [9.17, 15) is 14.5 Å². The largest absolute Gasteiger partial charge is 0.372 e. The molecular weight excluding hydrogens is 277 g/mol. The van der Waals surface area contributed by atoms with Gasteiger partial charge in [0.2, 0.25) is 0 Å². The predicted molar refractivity (Wildman–Crippen MR) is 66.4 cm³/mol. The SMILES string of the molecule is Cn1cnc(CNc2cc(F)c(Cl)cc2[N+](=O)[O-])n1. The lowest BCUT2D eigenvalue weighted by molar-refractivity contribution is -0.384. The highest BCUT2D eigenvalue weighted by Crippen LogP contribution is 2.30. The lowest BCUT2D eigenvalue weighted by atomic mass is 10.2. The number of aromatic nitrogens is 3. The van der Waals surface area contributed by atoms with Crippen LogP contribution in [0.2, 0.25) is 5.02 Å². The Labute approximate surface area is 112 Å². The predicted octanol–water partition coefficient (Wildman–Crippen LogP) is 2.13. The van der Waals surface area contributed by atoms with Gasteiger partial charge in [0.05, 0.1) is 16.5 Å². The maximum atomic E-state index is 13.3. The molecule has 9 heteroatoms. The Kier molecular flexibility index (Phi) is 3.61. The fraction of sp³-hybridized carbons (Fsp3) is 0.200. The summed E-state index contributed by atoms with van der Waals surface area (Å²) in [7, 11) is 1.70. The number of hydrogen-bond donors (Lipinski definition) is 1. The summed E-state index contributed by atoms with van der Waals surface area (Å²) in [5, 5.41) is 17.3. The molecule has 0 aliphatic rings. The van der Waals surface area contributed by atoms with Gasteiger partial charge in [0.25, 0.3) is 5.69 Å². The second-order valence-corrected chi connectivity index (χ2v) is 4.14. The van der Waals surface area contributed by atoms with Crippen LogP contribution in [-0.2, 0) is 13.6 Å². The van der Waals surface area contributed by atoms with Crippen molar-refractivity contribution in [3.63, 3.8) is 0 Å². The number of nitrogens with one attached hydrogen (secondary N) is 1. The van der Waals surface area contributed by atoms with E-state index in [-0.39, 0.29) is 22.9 Å². The lowest BCUT2D eigenvalue weighted by Gasteiger charge is -2.06. The Balaban J connectivity index is 2.23. The minimum atomic E-state index is -0.733. The van der Waals surface area contributed by atoms with Crippen LogP contribution in [0.15, 0.2) is 18.5 Å². The third kappa shape index (κ3) is 2.97. The van der Waals surface area contributed by atoms with E-state index in [1.54, 1.807) is 7.05 Å². The van der Waals surface area contributed by atoms with Crippen molar-refractivity contribution in [1.82, 2.24) is 14.8 Å². The number of nitro benzene ring substituents is 1. The summed E-state index contributed by atoms with van der Waals surface area (Å²) in [4.78, 5) is 14.2. The summed E-state index contributed by atoms with van der Waals surface area (Å²) in [5.41, 5.74) is -0.276. The molecule has 0 amide bonds. The molecule has 100 valence electrons. The average molecular weight is 286 g/mol. The number of benzene rings is 1. The molecule has 1 aromatic carbocycles. The molecule has 1 heterocycles. The summed E-state index contributed by atoms with van der Waals surface area (Å²) in [6.07, 6.45) is 1.49. The first-order chi connectivity index (χ1) is 8.97. The Hall–Kier alpha value is -2.22. The van der Waals surface area contributed by atoms with Crippen LogP contribution < -0.4 is 5.32 Å². The minimum Gasteiger partial charge on any atom is -0.372 e. The minimum absolute atomic E-state index is 0.0272. The zero-order chi connectivity index (χ0) is 14.0. The zero-order valence-corrected chi connectivity index (χ0v) is 10.6. The molecular formula is C10H9ClFN5O2. The quantitative estimate of drug-likeness (QED) is 0.687. The molecule has 0 atom stereocenters. The van der Waals surface area contributed by atoms with Gasteiger partial charge in [-0.2, -0.15) is 5.10 Å². The van der Waals surface area contributed by atoms with E-state index < -0.39 is 10.7 Å². The highest BCUT2D eigenvalue weighted by atomic mass is 35.5. The van der Waals surface area contributed by atoms with Crippen LogP contribution in [0.25, 0.3) is 0 Å². The molecule has 2 aromatic rings. The van der Waals surface area contributed by atoms with Crippen molar-refractivity contribution in [2.24, 2.45) is 7.05 Å². The molecule has 7 nitrogen and oxygen atoms in total. The first-order valence-corrected chi connectivity index (χ1v) is 5.57. The summed E-state index contributed by atoms with van der Waals surface area (Å²) in [6, 6.07) is 1.94. The molecule has 0 aliphatic heterocycles. The fourth-order valence-corrected chi connectivity index (χ4v) is 1.63. The fourth-order valence-electron chi connectivity index (χ4n) is 1.47.